The molecule has 0 aliphatic carbocycles. The van der Waals surface area contributed by atoms with Gasteiger partial charge in [0.2, 0.25) is 0 Å². The molecule has 0 saturated carbocycles. The lowest BCUT2D eigenvalue weighted by molar-refractivity contribution is 0.414. The Morgan fingerprint density at radius 3 is 2.76 bits per heavy atom. The number of rotatable bonds is 5. The van der Waals surface area contributed by atoms with E-state index in [0.29, 0.717) is 5.92 Å². The summed E-state index contributed by atoms with van der Waals surface area (Å²) in [6.07, 6.45) is 3.58. The van der Waals surface area contributed by atoms with E-state index in [1.807, 2.05) is 19.2 Å². The number of benzene rings is 1. The molecule has 0 amide bonds. The number of unbranched alkanes of at least 4 members (excludes halogenated alkanes) is 1. The zero-order chi connectivity index (χ0) is 15.1. The van der Waals surface area contributed by atoms with Crippen LogP contribution in [0.2, 0.25) is 0 Å². The minimum Gasteiger partial charge on any atom is -0.497 e. The molecule has 0 radical (unpaired) electrons. The van der Waals surface area contributed by atoms with Gasteiger partial charge < -0.3 is 15.0 Å². The Bertz CT molecular complexity index is 456. The van der Waals surface area contributed by atoms with E-state index in [2.05, 4.69) is 34.3 Å². The Morgan fingerprint density at radius 2 is 2.14 bits per heavy atom. The predicted molar refractivity (Wildman–Crippen MR) is 88.2 cm³/mol. The van der Waals surface area contributed by atoms with Crippen molar-refractivity contribution in [1.82, 2.24) is 10.2 Å². The van der Waals surface area contributed by atoms with Crippen molar-refractivity contribution in [2.75, 3.05) is 33.8 Å². The van der Waals surface area contributed by atoms with Gasteiger partial charge in [-0.2, -0.15) is 0 Å². The first-order valence-electron chi connectivity index (χ1n) is 7.88. The van der Waals surface area contributed by atoms with Crippen molar-refractivity contribution in [2.45, 2.75) is 32.1 Å². The molecular weight excluding hydrogens is 262 g/mol. The van der Waals surface area contributed by atoms with Crippen LogP contribution < -0.4 is 10.1 Å². The SMILES string of the molecule is CCCCNC(=NC)N1CCC(c2ccc(OC)cc2)C1. The van der Waals surface area contributed by atoms with Crippen LogP contribution in [0.4, 0.5) is 0 Å². The molecule has 4 nitrogen and oxygen atoms in total. The number of hydrogen-bond acceptors (Lipinski definition) is 2. The van der Waals surface area contributed by atoms with Crippen LogP contribution in [0.5, 0.6) is 5.75 Å². The molecule has 0 spiro atoms. The normalized spacial score (nSPS) is 18.9. The molecule has 0 bridgehead atoms. The maximum Gasteiger partial charge on any atom is 0.193 e. The maximum absolute atomic E-state index is 5.22. The van der Waals surface area contributed by atoms with E-state index in [9.17, 15) is 0 Å². The average Bonchev–Trinajstić information content (AvgIpc) is 3.01. The summed E-state index contributed by atoms with van der Waals surface area (Å²) in [6.45, 7) is 5.33. The van der Waals surface area contributed by atoms with Gasteiger partial charge in [-0.05, 0) is 30.5 Å². The first-order valence-corrected chi connectivity index (χ1v) is 7.88. The summed E-state index contributed by atoms with van der Waals surface area (Å²) < 4.78 is 5.22. The highest BCUT2D eigenvalue weighted by Gasteiger charge is 2.25. The van der Waals surface area contributed by atoms with E-state index >= 15 is 0 Å². The first-order chi connectivity index (χ1) is 10.3. The fourth-order valence-electron chi connectivity index (χ4n) is 2.81. The summed E-state index contributed by atoms with van der Waals surface area (Å²) >= 11 is 0. The van der Waals surface area contributed by atoms with Gasteiger partial charge in [0, 0.05) is 32.6 Å². The lowest BCUT2D eigenvalue weighted by Gasteiger charge is -2.21. The minimum atomic E-state index is 0.584. The van der Waals surface area contributed by atoms with Crippen molar-refractivity contribution in [1.29, 1.82) is 0 Å². The quantitative estimate of drug-likeness (QED) is 0.514. The average molecular weight is 289 g/mol. The van der Waals surface area contributed by atoms with Gasteiger partial charge >= 0.3 is 0 Å². The van der Waals surface area contributed by atoms with Gasteiger partial charge in [-0.1, -0.05) is 25.5 Å². The summed E-state index contributed by atoms with van der Waals surface area (Å²) in [7, 11) is 3.58. The number of ether oxygens (including phenoxy) is 1. The number of nitrogens with one attached hydrogen (secondary N) is 1. The third-order valence-electron chi connectivity index (χ3n) is 4.10. The third kappa shape index (κ3) is 4.13. The molecule has 1 heterocycles. The summed E-state index contributed by atoms with van der Waals surface area (Å²) in [6, 6.07) is 8.46. The fraction of sp³-hybridized carbons (Fsp3) is 0.588. The van der Waals surface area contributed by atoms with Crippen LogP contribution in [-0.2, 0) is 0 Å². The van der Waals surface area contributed by atoms with Gasteiger partial charge in [-0.15, -0.1) is 0 Å². The van der Waals surface area contributed by atoms with Gasteiger partial charge in [-0.25, -0.2) is 0 Å². The van der Waals surface area contributed by atoms with Crippen molar-refractivity contribution in [3.05, 3.63) is 29.8 Å². The highest BCUT2D eigenvalue weighted by Crippen LogP contribution is 2.28. The third-order valence-corrected chi connectivity index (χ3v) is 4.10. The summed E-state index contributed by atoms with van der Waals surface area (Å²) in [4.78, 5) is 6.77. The lowest BCUT2D eigenvalue weighted by atomic mass is 9.98. The second-order valence-corrected chi connectivity index (χ2v) is 5.53. The zero-order valence-corrected chi connectivity index (χ0v) is 13.4. The number of hydrogen-bond donors (Lipinski definition) is 1. The smallest absolute Gasteiger partial charge is 0.193 e. The molecule has 1 fully saturated rings. The van der Waals surface area contributed by atoms with E-state index < -0.39 is 0 Å². The number of guanidine groups is 1. The van der Waals surface area contributed by atoms with Crippen LogP contribution in [-0.4, -0.2) is 44.7 Å². The lowest BCUT2D eigenvalue weighted by Crippen LogP contribution is -2.40. The standard InChI is InChI=1S/C17H27N3O/c1-4-5-11-19-17(18-2)20-12-10-15(13-20)14-6-8-16(21-3)9-7-14/h6-9,15H,4-5,10-13H2,1-3H3,(H,18,19). The Labute approximate surface area is 128 Å². The summed E-state index contributed by atoms with van der Waals surface area (Å²) in [5, 5.41) is 3.46. The number of methoxy groups -OCH3 is 1. The maximum atomic E-state index is 5.22. The Kier molecular flexibility index (Phi) is 5.90. The number of nitrogens with zero attached hydrogens (tertiary/aromatic N) is 2. The van der Waals surface area contributed by atoms with Crippen molar-refractivity contribution < 1.29 is 4.74 Å². The Hall–Kier alpha value is -1.71. The number of likely N-dealkylation sites (tertiary alicyclic amines) is 1. The van der Waals surface area contributed by atoms with Crippen molar-refractivity contribution in [3.63, 3.8) is 0 Å². The Morgan fingerprint density at radius 1 is 1.38 bits per heavy atom. The molecule has 4 heteroatoms. The highest BCUT2D eigenvalue weighted by atomic mass is 16.5. The monoisotopic (exact) mass is 289 g/mol. The van der Waals surface area contributed by atoms with Gasteiger partial charge in [0.05, 0.1) is 7.11 Å². The van der Waals surface area contributed by atoms with E-state index in [1.165, 1.54) is 24.8 Å². The number of aliphatic imine (C=N–C) groups is 1. The van der Waals surface area contributed by atoms with E-state index in [4.69, 9.17) is 4.74 Å². The topological polar surface area (TPSA) is 36.9 Å². The molecule has 1 saturated heterocycles. The fourth-order valence-corrected chi connectivity index (χ4v) is 2.81. The van der Waals surface area contributed by atoms with Crippen LogP contribution in [0.1, 0.15) is 37.7 Å². The minimum absolute atomic E-state index is 0.584. The molecule has 1 aromatic carbocycles. The van der Waals surface area contributed by atoms with Crippen LogP contribution in [0.15, 0.2) is 29.3 Å². The molecule has 21 heavy (non-hydrogen) atoms. The van der Waals surface area contributed by atoms with Gasteiger partial charge in [0.15, 0.2) is 5.96 Å². The van der Waals surface area contributed by atoms with E-state index in [0.717, 1.165) is 31.3 Å². The van der Waals surface area contributed by atoms with Crippen LogP contribution in [0.25, 0.3) is 0 Å². The molecule has 2 rings (SSSR count). The van der Waals surface area contributed by atoms with E-state index in [-0.39, 0.29) is 0 Å². The molecule has 1 aromatic rings. The zero-order valence-electron chi connectivity index (χ0n) is 13.4. The molecular formula is C17H27N3O. The largest absolute Gasteiger partial charge is 0.497 e. The molecule has 1 unspecified atom stereocenters. The molecule has 116 valence electrons. The van der Waals surface area contributed by atoms with Gasteiger partial charge in [-0.3, -0.25) is 4.99 Å². The van der Waals surface area contributed by atoms with Crippen molar-refractivity contribution in [2.24, 2.45) is 4.99 Å². The van der Waals surface area contributed by atoms with E-state index in [1.54, 1.807) is 7.11 Å². The van der Waals surface area contributed by atoms with Crippen LogP contribution in [0, 0.1) is 0 Å². The molecule has 0 aromatic heterocycles. The molecule has 1 aliphatic heterocycles. The second kappa shape index (κ2) is 7.91. The van der Waals surface area contributed by atoms with Crippen molar-refractivity contribution >= 4 is 5.96 Å². The predicted octanol–water partition coefficient (Wildman–Crippen LogP) is 2.86. The Balaban J connectivity index is 1.92. The first kappa shape index (κ1) is 15.7. The van der Waals surface area contributed by atoms with Crippen LogP contribution >= 0.6 is 0 Å². The molecule has 1 atom stereocenters. The molecule has 1 N–H and O–H groups in total. The highest BCUT2D eigenvalue weighted by molar-refractivity contribution is 5.80. The second-order valence-electron chi connectivity index (χ2n) is 5.53. The summed E-state index contributed by atoms with van der Waals surface area (Å²) in [5.41, 5.74) is 1.39. The summed E-state index contributed by atoms with van der Waals surface area (Å²) in [5.74, 6) is 2.55. The van der Waals surface area contributed by atoms with Gasteiger partial charge in [0.25, 0.3) is 0 Å². The van der Waals surface area contributed by atoms with Gasteiger partial charge in [0.1, 0.15) is 5.75 Å². The van der Waals surface area contributed by atoms with Crippen molar-refractivity contribution in [3.8, 4) is 5.75 Å². The molecule has 1 aliphatic rings. The van der Waals surface area contributed by atoms with Crippen LogP contribution in [0.3, 0.4) is 0 Å².